The fraction of sp³-hybridized carbons (Fsp3) is 0.467. The van der Waals surface area contributed by atoms with Crippen LogP contribution in [0.1, 0.15) is 25.5 Å². The summed E-state index contributed by atoms with van der Waals surface area (Å²) in [5.41, 5.74) is 0.541. The third-order valence-electron chi connectivity index (χ3n) is 3.39. The lowest BCUT2D eigenvalue weighted by atomic mass is 10.1. The molecule has 2 rings (SSSR count). The molecular formula is C15H20N4O4. The molecule has 1 saturated heterocycles. The first-order chi connectivity index (χ1) is 11.1. The van der Waals surface area contributed by atoms with Crippen molar-refractivity contribution >= 4 is 24.0 Å². The number of amides is 1. The van der Waals surface area contributed by atoms with Crippen molar-refractivity contribution in [3.63, 3.8) is 0 Å². The summed E-state index contributed by atoms with van der Waals surface area (Å²) in [5.74, 6) is 0.156. The predicted molar refractivity (Wildman–Crippen MR) is 83.9 cm³/mol. The second-order valence-corrected chi connectivity index (χ2v) is 5.12. The molecular weight excluding hydrogens is 300 g/mol. The fourth-order valence-corrected chi connectivity index (χ4v) is 2.32. The SMILES string of the molecule is CCOC(=O)/C=C/c1cnc(N[C@@H]2CCCN(C(=O)O)C2)cn1. The number of nitrogens with one attached hydrogen (secondary N) is 1. The molecule has 124 valence electrons. The van der Waals surface area contributed by atoms with E-state index < -0.39 is 12.1 Å². The summed E-state index contributed by atoms with van der Waals surface area (Å²) < 4.78 is 4.78. The molecule has 0 radical (unpaired) electrons. The highest BCUT2D eigenvalue weighted by Crippen LogP contribution is 2.14. The van der Waals surface area contributed by atoms with Gasteiger partial charge in [-0.3, -0.25) is 4.98 Å². The van der Waals surface area contributed by atoms with Gasteiger partial charge in [0, 0.05) is 25.2 Å². The van der Waals surface area contributed by atoms with Crippen LogP contribution >= 0.6 is 0 Å². The van der Waals surface area contributed by atoms with Gasteiger partial charge in [0.25, 0.3) is 0 Å². The van der Waals surface area contributed by atoms with Crippen molar-refractivity contribution in [3.05, 3.63) is 24.2 Å². The Kier molecular flexibility index (Phi) is 5.90. The summed E-state index contributed by atoms with van der Waals surface area (Å²) in [5, 5.41) is 12.2. The van der Waals surface area contributed by atoms with E-state index in [9.17, 15) is 9.59 Å². The van der Waals surface area contributed by atoms with E-state index in [2.05, 4.69) is 15.3 Å². The minimum absolute atomic E-state index is 0.0232. The van der Waals surface area contributed by atoms with E-state index in [-0.39, 0.29) is 6.04 Å². The Morgan fingerprint density at radius 2 is 2.30 bits per heavy atom. The molecule has 0 unspecified atom stereocenters. The summed E-state index contributed by atoms with van der Waals surface area (Å²) >= 11 is 0. The lowest BCUT2D eigenvalue weighted by Crippen LogP contribution is -2.44. The van der Waals surface area contributed by atoms with Gasteiger partial charge in [0.2, 0.25) is 0 Å². The Morgan fingerprint density at radius 3 is 2.96 bits per heavy atom. The zero-order valence-electron chi connectivity index (χ0n) is 12.9. The van der Waals surface area contributed by atoms with Gasteiger partial charge in [-0.15, -0.1) is 0 Å². The Morgan fingerprint density at radius 1 is 1.48 bits per heavy atom. The lowest BCUT2D eigenvalue weighted by molar-refractivity contribution is -0.137. The van der Waals surface area contributed by atoms with Crippen LogP contribution in [0.25, 0.3) is 6.08 Å². The van der Waals surface area contributed by atoms with E-state index >= 15 is 0 Å². The third-order valence-corrected chi connectivity index (χ3v) is 3.39. The summed E-state index contributed by atoms with van der Waals surface area (Å²) in [7, 11) is 0. The van der Waals surface area contributed by atoms with E-state index in [0.717, 1.165) is 12.8 Å². The fourth-order valence-electron chi connectivity index (χ4n) is 2.32. The average molecular weight is 320 g/mol. The van der Waals surface area contributed by atoms with Gasteiger partial charge in [-0.05, 0) is 25.8 Å². The van der Waals surface area contributed by atoms with E-state index in [0.29, 0.717) is 31.2 Å². The molecule has 1 fully saturated rings. The number of nitrogens with zero attached hydrogens (tertiary/aromatic N) is 3. The number of ether oxygens (including phenoxy) is 1. The predicted octanol–water partition coefficient (Wildman–Crippen LogP) is 1.61. The van der Waals surface area contributed by atoms with Gasteiger partial charge in [0.15, 0.2) is 0 Å². The molecule has 1 aliphatic rings. The molecule has 0 aliphatic carbocycles. The summed E-state index contributed by atoms with van der Waals surface area (Å²) in [4.78, 5) is 32.0. The van der Waals surface area contributed by atoms with Crippen LogP contribution in [0.3, 0.4) is 0 Å². The quantitative estimate of drug-likeness (QED) is 0.627. The van der Waals surface area contributed by atoms with Gasteiger partial charge in [-0.2, -0.15) is 0 Å². The van der Waals surface area contributed by atoms with Crippen molar-refractivity contribution in [2.45, 2.75) is 25.8 Å². The van der Waals surface area contributed by atoms with Crippen LogP contribution in [-0.2, 0) is 9.53 Å². The van der Waals surface area contributed by atoms with Crippen LogP contribution in [-0.4, -0.2) is 57.8 Å². The molecule has 1 aromatic heterocycles. The second-order valence-electron chi connectivity index (χ2n) is 5.12. The van der Waals surface area contributed by atoms with E-state index in [4.69, 9.17) is 9.84 Å². The topological polar surface area (TPSA) is 105 Å². The maximum absolute atomic E-state index is 11.2. The van der Waals surface area contributed by atoms with Crippen molar-refractivity contribution in [1.29, 1.82) is 0 Å². The number of rotatable bonds is 5. The van der Waals surface area contributed by atoms with E-state index in [1.807, 2.05) is 0 Å². The summed E-state index contributed by atoms with van der Waals surface area (Å²) in [6, 6.07) is 0.0232. The maximum Gasteiger partial charge on any atom is 0.407 e. The molecule has 2 heterocycles. The minimum atomic E-state index is -0.901. The van der Waals surface area contributed by atoms with Crippen molar-refractivity contribution in [2.75, 3.05) is 25.0 Å². The van der Waals surface area contributed by atoms with Crippen molar-refractivity contribution in [3.8, 4) is 0 Å². The first-order valence-corrected chi connectivity index (χ1v) is 7.49. The number of carboxylic acid groups (broad SMARTS) is 1. The number of anilines is 1. The van der Waals surface area contributed by atoms with Crippen LogP contribution in [0.4, 0.5) is 10.6 Å². The van der Waals surface area contributed by atoms with Crippen molar-refractivity contribution < 1.29 is 19.4 Å². The monoisotopic (exact) mass is 320 g/mol. The largest absolute Gasteiger partial charge is 0.465 e. The number of aromatic nitrogens is 2. The average Bonchev–Trinajstić information content (AvgIpc) is 2.55. The zero-order chi connectivity index (χ0) is 16.7. The van der Waals surface area contributed by atoms with Crippen LogP contribution in [0.5, 0.6) is 0 Å². The zero-order valence-corrected chi connectivity index (χ0v) is 12.9. The second kappa shape index (κ2) is 8.11. The number of hydrogen-bond donors (Lipinski definition) is 2. The Balaban J connectivity index is 1.89. The number of esters is 1. The number of carbonyl (C=O) groups is 2. The molecule has 0 spiro atoms. The first kappa shape index (κ1) is 16.7. The van der Waals surface area contributed by atoms with E-state index in [1.54, 1.807) is 13.1 Å². The van der Waals surface area contributed by atoms with Crippen molar-refractivity contribution in [2.24, 2.45) is 0 Å². The maximum atomic E-state index is 11.2. The molecule has 0 bridgehead atoms. The molecule has 8 heteroatoms. The van der Waals surface area contributed by atoms with Crippen LogP contribution < -0.4 is 5.32 Å². The molecule has 1 aromatic rings. The lowest BCUT2D eigenvalue weighted by Gasteiger charge is -2.31. The number of piperidine rings is 1. The molecule has 1 atom stereocenters. The van der Waals surface area contributed by atoms with Crippen LogP contribution in [0.2, 0.25) is 0 Å². The molecule has 23 heavy (non-hydrogen) atoms. The minimum Gasteiger partial charge on any atom is -0.465 e. The molecule has 8 nitrogen and oxygen atoms in total. The highest BCUT2D eigenvalue weighted by atomic mass is 16.5. The highest BCUT2D eigenvalue weighted by molar-refractivity contribution is 5.86. The normalized spacial score (nSPS) is 18.0. The molecule has 0 aromatic carbocycles. The molecule has 0 saturated carbocycles. The Hall–Kier alpha value is -2.64. The number of hydrogen-bond acceptors (Lipinski definition) is 6. The smallest absolute Gasteiger partial charge is 0.407 e. The Bertz CT molecular complexity index is 573. The Labute approximate surface area is 134 Å². The third kappa shape index (κ3) is 5.24. The van der Waals surface area contributed by atoms with Gasteiger partial charge < -0.3 is 20.1 Å². The van der Waals surface area contributed by atoms with Gasteiger partial charge >= 0.3 is 12.1 Å². The summed E-state index contributed by atoms with van der Waals surface area (Å²) in [6.07, 6.45) is 6.73. The van der Waals surface area contributed by atoms with Gasteiger partial charge in [0.05, 0.1) is 24.7 Å². The van der Waals surface area contributed by atoms with Gasteiger partial charge in [-0.25, -0.2) is 14.6 Å². The van der Waals surface area contributed by atoms with Gasteiger partial charge in [-0.1, -0.05) is 0 Å². The number of likely N-dealkylation sites (tertiary alicyclic amines) is 1. The standard InChI is InChI=1S/C15H20N4O4/c1-2-23-14(20)6-5-11-8-17-13(9-16-11)18-12-4-3-7-19(10-12)15(21)22/h5-6,8-9,12H,2-4,7,10H2,1H3,(H,17,18)(H,21,22)/b6-5+/t12-/m1/s1. The van der Waals surface area contributed by atoms with Crippen LogP contribution in [0, 0.1) is 0 Å². The molecule has 1 amide bonds. The molecule has 1 aliphatic heterocycles. The number of carbonyl (C=O) groups excluding carboxylic acids is 1. The van der Waals surface area contributed by atoms with Gasteiger partial charge in [0.1, 0.15) is 5.82 Å². The summed E-state index contributed by atoms with van der Waals surface area (Å²) in [6.45, 7) is 3.06. The van der Waals surface area contributed by atoms with E-state index in [1.165, 1.54) is 23.2 Å². The highest BCUT2D eigenvalue weighted by Gasteiger charge is 2.23. The van der Waals surface area contributed by atoms with Crippen molar-refractivity contribution in [1.82, 2.24) is 14.9 Å². The first-order valence-electron chi connectivity index (χ1n) is 7.49. The van der Waals surface area contributed by atoms with Crippen LogP contribution in [0.15, 0.2) is 18.5 Å². The molecule has 2 N–H and O–H groups in total.